The van der Waals surface area contributed by atoms with Crippen molar-refractivity contribution in [2.24, 2.45) is 0 Å². The van der Waals surface area contributed by atoms with E-state index in [1.54, 1.807) is 88.0 Å². The number of ether oxygens (including phenoxy) is 4. The fourth-order valence-corrected chi connectivity index (χ4v) is 5.56. The lowest BCUT2D eigenvalue weighted by Crippen LogP contribution is -2.52. The van der Waals surface area contributed by atoms with Crippen molar-refractivity contribution in [2.75, 3.05) is 45.8 Å². The molecule has 0 aromatic carbocycles. The summed E-state index contributed by atoms with van der Waals surface area (Å²) >= 11 is 0. The van der Waals surface area contributed by atoms with Crippen molar-refractivity contribution in [3.63, 3.8) is 0 Å². The first-order valence-corrected chi connectivity index (χ1v) is 17.5. The van der Waals surface area contributed by atoms with Crippen molar-refractivity contribution >= 4 is 29.8 Å². The number of carbonyl (C=O) groups excluding carboxylic acids is 4. The summed E-state index contributed by atoms with van der Waals surface area (Å²) in [5, 5.41) is 9.77. The molecule has 1 unspecified atom stereocenters. The fraction of sp³-hybridized carbons (Fsp3) is 0.861. The van der Waals surface area contributed by atoms with E-state index in [-0.39, 0.29) is 32.2 Å². The van der Waals surface area contributed by atoms with Crippen molar-refractivity contribution in [1.29, 1.82) is 0 Å². The quantitative estimate of drug-likeness (QED) is 0.168. The molecule has 13 heteroatoms. The third-order valence-electron chi connectivity index (χ3n) is 7.25. The van der Waals surface area contributed by atoms with Gasteiger partial charge in [0.1, 0.15) is 28.4 Å². The summed E-state index contributed by atoms with van der Waals surface area (Å²) < 4.78 is 22.3. The zero-order chi connectivity index (χ0) is 37.8. The first-order valence-electron chi connectivity index (χ1n) is 17.5. The van der Waals surface area contributed by atoms with Crippen molar-refractivity contribution < 1.29 is 48.0 Å². The molecule has 1 saturated carbocycles. The SMILES string of the molecule is CC(C)(C)OC(=O)CN(CCN(CCN(CC(=O)OC(C)(C)C)C(CC(=O)O)C(=O)OC(C)(C)C)C1CCCCC1)CC(=O)OC(C)(C)C. The van der Waals surface area contributed by atoms with Gasteiger partial charge in [-0.25, -0.2) is 0 Å². The molecular formula is C36H65N3O10. The van der Waals surface area contributed by atoms with Gasteiger partial charge in [-0.15, -0.1) is 0 Å². The average molecular weight is 700 g/mol. The van der Waals surface area contributed by atoms with Crippen LogP contribution in [0.1, 0.15) is 122 Å². The Kier molecular flexibility index (Phi) is 17.2. The van der Waals surface area contributed by atoms with Gasteiger partial charge in [-0.1, -0.05) is 19.3 Å². The molecule has 0 radical (unpaired) electrons. The molecule has 13 nitrogen and oxygen atoms in total. The minimum atomic E-state index is -1.23. The van der Waals surface area contributed by atoms with Crippen LogP contribution in [0.2, 0.25) is 0 Å². The maximum atomic E-state index is 13.4. The Morgan fingerprint density at radius 3 is 1.41 bits per heavy atom. The van der Waals surface area contributed by atoms with Crippen molar-refractivity contribution in [1.82, 2.24) is 14.7 Å². The van der Waals surface area contributed by atoms with E-state index in [9.17, 15) is 29.1 Å². The van der Waals surface area contributed by atoms with Crippen molar-refractivity contribution in [3.05, 3.63) is 0 Å². The monoisotopic (exact) mass is 699 g/mol. The van der Waals surface area contributed by atoms with Crippen LogP contribution in [0.15, 0.2) is 0 Å². The highest BCUT2D eigenvalue weighted by Gasteiger charge is 2.35. The van der Waals surface area contributed by atoms with Gasteiger partial charge in [-0.3, -0.25) is 38.7 Å². The van der Waals surface area contributed by atoms with Crippen molar-refractivity contribution in [3.8, 4) is 0 Å². The molecular weight excluding hydrogens is 634 g/mol. The number of rotatable bonds is 17. The normalized spacial score (nSPS) is 15.7. The Morgan fingerprint density at radius 1 is 0.592 bits per heavy atom. The van der Waals surface area contributed by atoms with Gasteiger partial charge >= 0.3 is 29.8 Å². The van der Waals surface area contributed by atoms with Crippen molar-refractivity contribution in [2.45, 2.75) is 156 Å². The van der Waals surface area contributed by atoms with Crippen LogP contribution in [-0.4, -0.2) is 130 Å². The van der Waals surface area contributed by atoms with Crippen LogP contribution < -0.4 is 0 Å². The average Bonchev–Trinajstić information content (AvgIpc) is 2.87. The lowest BCUT2D eigenvalue weighted by atomic mass is 9.94. The number of carbonyl (C=O) groups is 5. The molecule has 1 rings (SSSR count). The van der Waals surface area contributed by atoms with Crippen LogP contribution in [0, 0.1) is 0 Å². The zero-order valence-corrected chi connectivity index (χ0v) is 32.3. The molecule has 0 spiro atoms. The zero-order valence-electron chi connectivity index (χ0n) is 32.3. The van der Waals surface area contributed by atoms with E-state index in [0.717, 1.165) is 32.1 Å². The second-order valence-corrected chi connectivity index (χ2v) is 16.9. The molecule has 1 atom stereocenters. The first-order chi connectivity index (χ1) is 22.2. The maximum Gasteiger partial charge on any atom is 0.324 e. The Morgan fingerprint density at radius 2 is 1.00 bits per heavy atom. The van der Waals surface area contributed by atoms with Crippen LogP contribution in [0.3, 0.4) is 0 Å². The Balaban J connectivity index is 3.37. The molecule has 0 bridgehead atoms. The second-order valence-electron chi connectivity index (χ2n) is 16.9. The minimum Gasteiger partial charge on any atom is -0.481 e. The predicted molar refractivity (Wildman–Crippen MR) is 186 cm³/mol. The standard InChI is InChI=1S/C36H65N3O10/c1-33(2,3)46-29(42)23-37(24-30(43)47-34(4,5)6)18-19-38(26-16-14-13-15-17-26)20-21-39(25-31(44)48-35(7,8)9)27(22-28(40)41)32(45)49-36(10,11)12/h26-27H,13-25H2,1-12H3,(H,40,41). The number of carboxylic acid groups (broad SMARTS) is 1. The largest absolute Gasteiger partial charge is 0.481 e. The lowest BCUT2D eigenvalue weighted by molar-refractivity contribution is -0.168. The third kappa shape index (κ3) is 21.1. The van der Waals surface area contributed by atoms with E-state index in [1.165, 1.54) is 4.90 Å². The lowest BCUT2D eigenvalue weighted by Gasteiger charge is -2.38. The maximum absolute atomic E-state index is 13.4. The predicted octanol–water partition coefficient (Wildman–Crippen LogP) is 4.44. The molecule has 0 heterocycles. The molecule has 1 fully saturated rings. The third-order valence-corrected chi connectivity index (χ3v) is 7.25. The van der Waals surface area contributed by atoms with Crippen LogP contribution in [-0.2, 0) is 42.9 Å². The molecule has 0 aromatic rings. The molecule has 1 N–H and O–H groups in total. The van der Waals surface area contributed by atoms with Gasteiger partial charge in [0.25, 0.3) is 0 Å². The minimum absolute atomic E-state index is 0.112. The molecule has 1 aliphatic carbocycles. The Labute approximate surface area is 294 Å². The van der Waals surface area contributed by atoms with Crippen LogP contribution in [0.5, 0.6) is 0 Å². The van der Waals surface area contributed by atoms with Gasteiger partial charge < -0.3 is 24.1 Å². The summed E-state index contributed by atoms with van der Waals surface area (Å²) in [6.45, 7) is 21.9. The number of hydrogen-bond acceptors (Lipinski definition) is 12. The van der Waals surface area contributed by atoms with E-state index in [1.807, 2.05) is 0 Å². The molecule has 0 aromatic heterocycles. The second kappa shape index (κ2) is 19.0. The smallest absolute Gasteiger partial charge is 0.324 e. The summed E-state index contributed by atoms with van der Waals surface area (Å²) in [4.78, 5) is 69.6. The fourth-order valence-electron chi connectivity index (χ4n) is 5.56. The summed E-state index contributed by atoms with van der Waals surface area (Å²) in [5.41, 5.74) is -3.04. The summed E-state index contributed by atoms with van der Waals surface area (Å²) in [6, 6.07) is -1.05. The molecule has 0 aliphatic heterocycles. The van der Waals surface area contributed by atoms with Gasteiger partial charge in [-0.2, -0.15) is 0 Å². The molecule has 0 saturated heterocycles. The van der Waals surface area contributed by atoms with Gasteiger partial charge in [0, 0.05) is 32.2 Å². The highest BCUT2D eigenvalue weighted by molar-refractivity contribution is 5.83. The highest BCUT2D eigenvalue weighted by Crippen LogP contribution is 2.23. The Bertz CT molecular complexity index is 1060. The van der Waals surface area contributed by atoms with E-state index in [2.05, 4.69) is 4.90 Å². The van der Waals surface area contributed by atoms with E-state index in [0.29, 0.717) is 19.6 Å². The Hall–Kier alpha value is -2.77. The van der Waals surface area contributed by atoms with Crippen LogP contribution in [0.4, 0.5) is 0 Å². The van der Waals surface area contributed by atoms with Crippen LogP contribution >= 0.6 is 0 Å². The van der Waals surface area contributed by atoms with Gasteiger partial charge in [0.2, 0.25) is 0 Å². The highest BCUT2D eigenvalue weighted by atomic mass is 16.6. The van der Waals surface area contributed by atoms with E-state index < -0.39 is 64.7 Å². The summed E-state index contributed by atoms with van der Waals surface area (Å²) in [5.74, 6) is -3.44. The number of aliphatic carboxylic acids is 1. The van der Waals surface area contributed by atoms with E-state index in [4.69, 9.17) is 18.9 Å². The summed E-state index contributed by atoms with van der Waals surface area (Å²) in [7, 11) is 0. The van der Waals surface area contributed by atoms with Gasteiger partial charge in [-0.05, 0) is 95.9 Å². The number of nitrogens with zero attached hydrogens (tertiary/aromatic N) is 3. The molecule has 284 valence electrons. The molecule has 49 heavy (non-hydrogen) atoms. The molecule has 1 aliphatic rings. The molecule has 0 amide bonds. The topological polar surface area (TPSA) is 152 Å². The number of carboxylic acids is 1. The van der Waals surface area contributed by atoms with Gasteiger partial charge in [0.15, 0.2) is 0 Å². The van der Waals surface area contributed by atoms with Gasteiger partial charge in [0.05, 0.1) is 26.1 Å². The number of esters is 4. The first kappa shape index (κ1) is 44.3. The van der Waals surface area contributed by atoms with Crippen LogP contribution in [0.25, 0.3) is 0 Å². The number of hydrogen-bond donors (Lipinski definition) is 1. The summed E-state index contributed by atoms with van der Waals surface area (Å²) in [6.07, 6.45) is 4.53. The van der Waals surface area contributed by atoms with E-state index >= 15 is 0 Å².